The van der Waals surface area contributed by atoms with E-state index in [2.05, 4.69) is 18.2 Å². The number of benzene rings is 4. The molecule has 0 fully saturated rings. The molecular weight excluding hydrogens is 444 g/mol. The van der Waals surface area contributed by atoms with Gasteiger partial charge in [0.15, 0.2) is 0 Å². The molecule has 0 saturated heterocycles. The number of nitrogens with zero attached hydrogens (tertiary/aromatic N) is 2. The van der Waals surface area contributed by atoms with Crippen LogP contribution in [0.2, 0.25) is 0 Å². The summed E-state index contributed by atoms with van der Waals surface area (Å²) in [5.41, 5.74) is 4.96. The summed E-state index contributed by atoms with van der Waals surface area (Å²) in [6, 6.07) is 31.0. The van der Waals surface area contributed by atoms with Gasteiger partial charge in [0.05, 0.1) is 17.1 Å². The average molecular weight is 467 g/mol. The lowest BCUT2D eigenvalue weighted by atomic mass is 9.91. The average Bonchev–Trinajstić information content (AvgIpc) is 3.46. The van der Waals surface area contributed by atoms with Gasteiger partial charge in [0, 0.05) is 33.5 Å². The molecule has 0 unspecified atom stereocenters. The highest BCUT2D eigenvalue weighted by atomic mass is 16.2. The van der Waals surface area contributed by atoms with Crippen LogP contribution in [0.5, 0.6) is 0 Å². The van der Waals surface area contributed by atoms with E-state index in [1.165, 1.54) is 0 Å². The van der Waals surface area contributed by atoms with Crippen LogP contribution in [0.25, 0.3) is 21.8 Å². The Hall–Kier alpha value is -4.70. The number of hydrogen-bond acceptors (Lipinski definition) is 2. The second-order valence-corrected chi connectivity index (χ2v) is 9.27. The zero-order chi connectivity index (χ0) is 24.2. The fourth-order valence-electron chi connectivity index (χ4n) is 5.69. The molecule has 36 heavy (non-hydrogen) atoms. The molecule has 0 N–H and O–H groups in total. The Kier molecular flexibility index (Phi) is 4.55. The summed E-state index contributed by atoms with van der Waals surface area (Å²) in [4.78, 5) is 29.3. The Morgan fingerprint density at radius 2 is 1.14 bits per heavy atom. The van der Waals surface area contributed by atoms with E-state index in [1.54, 1.807) is 28.8 Å². The molecule has 1 amide bonds. The molecule has 172 valence electrons. The first-order valence-corrected chi connectivity index (χ1v) is 12.1. The van der Waals surface area contributed by atoms with Gasteiger partial charge in [-0.3, -0.25) is 14.2 Å². The highest BCUT2D eigenvalue weighted by Crippen LogP contribution is 2.44. The molecule has 1 aliphatic carbocycles. The summed E-state index contributed by atoms with van der Waals surface area (Å²) in [5.74, 6) is -0.0181. The smallest absolute Gasteiger partial charge is 0.262 e. The Morgan fingerprint density at radius 1 is 0.583 bits per heavy atom. The van der Waals surface area contributed by atoms with Crippen LogP contribution in [0, 0.1) is 0 Å². The first-order chi connectivity index (χ1) is 17.7. The standard InChI is InChI=1S/C32H22N2O2/c35-31(33-27-13-5-1-9-23(27)24-10-2-6-14-28(24)33)21-17-19-22(20-18-21)32(36)34-29-15-7-3-11-25(29)26-12-4-8-16-30(26)34/h1-20,23,27H/t23-,27-/m1/s1. The Bertz CT molecular complexity index is 1690. The number of hydrogen-bond donors (Lipinski definition) is 0. The summed E-state index contributed by atoms with van der Waals surface area (Å²) < 4.78 is 1.77. The van der Waals surface area contributed by atoms with E-state index in [0.29, 0.717) is 11.1 Å². The van der Waals surface area contributed by atoms with Crippen molar-refractivity contribution in [1.82, 2.24) is 4.57 Å². The van der Waals surface area contributed by atoms with Gasteiger partial charge in [0.2, 0.25) is 0 Å². The Morgan fingerprint density at radius 3 is 1.83 bits per heavy atom. The first-order valence-electron chi connectivity index (χ1n) is 12.1. The molecule has 4 nitrogen and oxygen atoms in total. The minimum Gasteiger partial charge on any atom is -0.300 e. The minimum absolute atomic E-state index is 0.0428. The van der Waals surface area contributed by atoms with Crippen LogP contribution < -0.4 is 4.90 Å². The van der Waals surface area contributed by atoms with E-state index in [1.807, 2.05) is 83.8 Å². The molecule has 7 rings (SSSR count). The number of carbonyl (C=O) groups excluding carboxylic acids is 2. The lowest BCUT2D eigenvalue weighted by Crippen LogP contribution is -2.38. The molecule has 2 aliphatic rings. The number of carbonyl (C=O) groups is 2. The molecule has 0 radical (unpaired) electrons. The maximum absolute atomic E-state index is 13.7. The SMILES string of the molecule is O=C(c1ccc(C(=O)n2c3ccccc3c3ccccc32)cc1)N1c2ccccc2[C@H]2C=CC=C[C@H]21. The second kappa shape index (κ2) is 7.92. The largest absolute Gasteiger partial charge is 0.300 e. The summed E-state index contributed by atoms with van der Waals surface area (Å²) in [6.45, 7) is 0. The highest BCUT2D eigenvalue weighted by Gasteiger charge is 2.39. The maximum atomic E-state index is 13.7. The van der Waals surface area contributed by atoms with Crippen LogP contribution in [0.15, 0.2) is 121 Å². The fourth-order valence-corrected chi connectivity index (χ4v) is 5.69. The van der Waals surface area contributed by atoms with Gasteiger partial charge in [-0.2, -0.15) is 0 Å². The zero-order valence-electron chi connectivity index (χ0n) is 19.4. The maximum Gasteiger partial charge on any atom is 0.262 e. The monoisotopic (exact) mass is 466 g/mol. The van der Waals surface area contributed by atoms with Gasteiger partial charge in [-0.1, -0.05) is 78.9 Å². The van der Waals surface area contributed by atoms with Crippen LogP contribution in [-0.4, -0.2) is 22.4 Å². The van der Waals surface area contributed by atoms with Gasteiger partial charge in [-0.05, 0) is 48.0 Å². The second-order valence-electron chi connectivity index (χ2n) is 9.27. The third-order valence-electron chi connectivity index (χ3n) is 7.34. The van der Waals surface area contributed by atoms with E-state index in [-0.39, 0.29) is 23.8 Å². The van der Waals surface area contributed by atoms with Crippen LogP contribution in [0.4, 0.5) is 5.69 Å². The van der Waals surface area contributed by atoms with Crippen molar-refractivity contribution in [2.75, 3.05) is 4.90 Å². The van der Waals surface area contributed by atoms with E-state index in [0.717, 1.165) is 33.1 Å². The summed E-state index contributed by atoms with van der Waals surface area (Å²) >= 11 is 0. The lowest BCUT2D eigenvalue weighted by molar-refractivity contribution is 0.0962. The normalized spacial score (nSPS) is 17.9. The van der Waals surface area contributed by atoms with Crippen LogP contribution in [-0.2, 0) is 0 Å². The van der Waals surface area contributed by atoms with Gasteiger partial charge in [-0.15, -0.1) is 0 Å². The van der Waals surface area contributed by atoms with Crippen molar-refractivity contribution in [1.29, 1.82) is 0 Å². The molecule has 5 aromatic rings. The van der Waals surface area contributed by atoms with Gasteiger partial charge < -0.3 is 4.90 Å². The quantitative estimate of drug-likeness (QED) is 0.290. The molecule has 1 aliphatic heterocycles. The predicted octanol–water partition coefficient (Wildman–Crippen LogP) is 6.72. The van der Waals surface area contributed by atoms with Crippen LogP contribution >= 0.6 is 0 Å². The number of para-hydroxylation sites is 3. The zero-order valence-corrected chi connectivity index (χ0v) is 19.4. The Labute approximate surface area is 208 Å². The number of rotatable bonds is 2. The number of amides is 1. The molecule has 0 bridgehead atoms. The molecule has 2 heterocycles. The molecule has 0 saturated carbocycles. The predicted molar refractivity (Wildman–Crippen MR) is 144 cm³/mol. The van der Waals surface area contributed by atoms with Gasteiger partial charge in [0.1, 0.15) is 0 Å². The van der Waals surface area contributed by atoms with Gasteiger partial charge >= 0.3 is 0 Å². The highest BCUT2D eigenvalue weighted by molar-refractivity contribution is 6.16. The molecule has 4 aromatic carbocycles. The van der Waals surface area contributed by atoms with Crippen LogP contribution in [0.1, 0.15) is 32.2 Å². The van der Waals surface area contributed by atoms with Crippen molar-refractivity contribution < 1.29 is 9.59 Å². The van der Waals surface area contributed by atoms with Crippen molar-refractivity contribution in [3.05, 3.63) is 138 Å². The molecule has 2 atom stereocenters. The third-order valence-corrected chi connectivity index (χ3v) is 7.34. The van der Waals surface area contributed by atoms with Gasteiger partial charge in [-0.25, -0.2) is 0 Å². The fraction of sp³-hybridized carbons (Fsp3) is 0.0625. The topological polar surface area (TPSA) is 42.3 Å². The first kappa shape index (κ1) is 20.7. The van der Waals surface area contributed by atoms with Crippen molar-refractivity contribution in [3.8, 4) is 0 Å². The number of aromatic nitrogens is 1. The lowest BCUT2D eigenvalue weighted by Gasteiger charge is -2.26. The molecular formula is C32H22N2O2. The summed E-state index contributed by atoms with van der Waals surface area (Å²) in [7, 11) is 0. The number of fused-ring (bicyclic) bond motifs is 6. The van der Waals surface area contributed by atoms with E-state index < -0.39 is 0 Å². The summed E-state index contributed by atoms with van der Waals surface area (Å²) in [5, 5.41) is 2.09. The van der Waals surface area contributed by atoms with E-state index in [9.17, 15) is 9.59 Å². The molecule has 0 spiro atoms. The van der Waals surface area contributed by atoms with E-state index in [4.69, 9.17) is 0 Å². The van der Waals surface area contributed by atoms with Gasteiger partial charge in [0.25, 0.3) is 11.8 Å². The number of anilines is 1. The number of allylic oxidation sites excluding steroid dienone is 2. The molecule has 4 heteroatoms. The van der Waals surface area contributed by atoms with Crippen LogP contribution in [0.3, 0.4) is 0 Å². The van der Waals surface area contributed by atoms with Crippen molar-refractivity contribution in [2.24, 2.45) is 0 Å². The third kappa shape index (κ3) is 2.94. The summed E-state index contributed by atoms with van der Waals surface area (Å²) in [6.07, 6.45) is 8.29. The minimum atomic E-state index is -0.113. The molecule has 1 aromatic heterocycles. The Balaban J connectivity index is 1.25. The van der Waals surface area contributed by atoms with Crippen molar-refractivity contribution in [2.45, 2.75) is 12.0 Å². The van der Waals surface area contributed by atoms with Crippen molar-refractivity contribution >= 4 is 39.3 Å². The van der Waals surface area contributed by atoms with E-state index >= 15 is 0 Å². The van der Waals surface area contributed by atoms with Crippen molar-refractivity contribution in [3.63, 3.8) is 0 Å².